The number of cyclic esters (lactones) is 1. The van der Waals surface area contributed by atoms with E-state index in [1.807, 2.05) is 25.2 Å². The van der Waals surface area contributed by atoms with Gasteiger partial charge in [-0.05, 0) is 80.1 Å². The van der Waals surface area contributed by atoms with Gasteiger partial charge in [-0.25, -0.2) is 4.79 Å². The van der Waals surface area contributed by atoms with E-state index in [-0.39, 0.29) is 47.6 Å². The van der Waals surface area contributed by atoms with Gasteiger partial charge in [-0.15, -0.1) is 0 Å². The van der Waals surface area contributed by atoms with Crippen LogP contribution in [0.15, 0.2) is 34.9 Å². The molecule has 0 radical (unpaired) electrons. The summed E-state index contributed by atoms with van der Waals surface area (Å²) in [4.78, 5) is 26.5. The second-order valence-corrected chi connectivity index (χ2v) is 14.6. The number of rotatable bonds is 6. The third kappa shape index (κ3) is 4.87. The second-order valence-electron chi connectivity index (χ2n) is 14.6. The molecule has 3 fully saturated rings. The summed E-state index contributed by atoms with van der Waals surface area (Å²) in [5.41, 5.74) is 1.53. The fourth-order valence-corrected chi connectivity index (χ4v) is 9.99. The highest BCUT2D eigenvalue weighted by molar-refractivity contribution is 5.92. The van der Waals surface area contributed by atoms with Crippen LogP contribution in [0.4, 0.5) is 0 Å². The molecule has 1 saturated heterocycles. The van der Waals surface area contributed by atoms with Crippen molar-refractivity contribution in [1.29, 1.82) is 0 Å². The fraction of sp³-hybridized carbons (Fsp3) is 0.765. The molecule has 0 bridgehead atoms. The van der Waals surface area contributed by atoms with Crippen LogP contribution in [-0.2, 0) is 23.8 Å². The first-order valence-corrected chi connectivity index (χ1v) is 16.2. The molecular formula is C34H48O10. The number of aliphatic hydroxyl groups excluding tert-OH is 5. The van der Waals surface area contributed by atoms with Crippen molar-refractivity contribution in [2.45, 2.75) is 109 Å². The minimum atomic E-state index is -1.56. The fourth-order valence-electron chi connectivity index (χ4n) is 9.99. The highest BCUT2D eigenvalue weighted by atomic mass is 16.7. The molecule has 2 aliphatic heterocycles. The quantitative estimate of drug-likeness (QED) is 0.279. The normalized spacial score (nSPS) is 47.8. The van der Waals surface area contributed by atoms with Gasteiger partial charge in [-0.1, -0.05) is 37.6 Å². The van der Waals surface area contributed by atoms with Crippen LogP contribution < -0.4 is 0 Å². The van der Waals surface area contributed by atoms with Crippen molar-refractivity contribution in [2.24, 2.45) is 40.4 Å². The third-order valence-electron chi connectivity index (χ3n) is 12.7. The summed E-state index contributed by atoms with van der Waals surface area (Å²) in [6, 6.07) is 0. The zero-order valence-electron chi connectivity index (χ0n) is 26.1. The number of carbonyl (C=O) groups excluding carboxylic acids is 2. The number of Topliss-reactive ketones (excluding diaryl/α,β-unsaturated/α-hetero) is 1. The Balaban J connectivity index is 1.14. The first-order chi connectivity index (χ1) is 20.8. The van der Waals surface area contributed by atoms with Crippen molar-refractivity contribution in [3.8, 4) is 0 Å². The zero-order chi connectivity index (χ0) is 31.7. The Morgan fingerprint density at radius 2 is 1.80 bits per heavy atom. The predicted molar refractivity (Wildman–Crippen MR) is 158 cm³/mol. The maximum Gasteiger partial charge on any atom is 0.336 e. The van der Waals surface area contributed by atoms with Gasteiger partial charge in [-0.3, -0.25) is 4.79 Å². The summed E-state index contributed by atoms with van der Waals surface area (Å²) in [7, 11) is 0. The van der Waals surface area contributed by atoms with Gasteiger partial charge >= 0.3 is 5.97 Å². The highest BCUT2D eigenvalue weighted by Crippen LogP contribution is 2.66. The van der Waals surface area contributed by atoms with E-state index < -0.39 is 54.8 Å². The van der Waals surface area contributed by atoms with Gasteiger partial charge in [0.2, 0.25) is 0 Å². The van der Waals surface area contributed by atoms with Crippen molar-refractivity contribution in [2.75, 3.05) is 13.2 Å². The van der Waals surface area contributed by atoms with Gasteiger partial charge in [0.15, 0.2) is 6.29 Å². The molecule has 4 aliphatic carbocycles. The first-order valence-electron chi connectivity index (χ1n) is 16.2. The summed E-state index contributed by atoms with van der Waals surface area (Å²) in [6.45, 7) is 7.68. The Kier molecular flexibility index (Phi) is 8.52. The van der Waals surface area contributed by atoms with E-state index in [1.165, 1.54) is 0 Å². The van der Waals surface area contributed by atoms with Gasteiger partial charge in [0.05, 0.1) is 30.3 Å². The number of esters is 1. The zero-order valence-corrected chi connectivity index (χ0v) is 26.1. The monoisotopic (exact) mass is 616 g/mol. The number of fused-ring (bicyclic) bond motifs is 5. The molecular weight excluding hydrogens is 568 g/mol. The largest absolute Gasteiger partial charge is 0.458 e. The Labute approximate surface area is 258 Å². The molecule has 0 aromatic carbocycles. The molecule has 0 aromatic heterocycles. The smallest absolute Gasteiger partial charge is 0.336 e. The Hall–Kier alpha value is -1.92. The third-order valence-corrected chi connectivity index (χ3v) is 12.7. The van der Waals surface area contributed by atoms with Gasteiger partial charge < -0.3 is 39.7 Å². The molecule has 244 valence electrons. The molecule has 44 heavy (non-hydrogen) atoms. The Morgan fingerprint density at radius 1 is 1.05 bits per heavy atom. The molecule has 7 unspecified atom stereocenters. The van der Waals surface area contributed by atoms with Gasteiger partial charge in [0, 0.05) is 12.8 Å². The summed E-state index contributed by atoms with van der Waals surface area (Å²) < 4.78 is 17.1. The minimum absolute atomic E-state index is 0.0249. The van der Waals surface area contributed by atoms with E-state index in [4.69, 9.17) is 14.2 Å². The molecule has 2 heterocycles. The van der Waals surface area contributed by atoms with Crippen LogP contribution in [0.1, 0.15) is 66.2 Å². The summed E-state index contributed by atoms with van der Waals surface area (Å²) in [5.74, 6) is 0.546. The molecule has 6 aliphatic rings. The predicted octanol–water partition coefficient (Wildman–Crippen LogP) is 1.97. The average molecular weight is 617 g/mol. The van der Waals surface area contributed by atoms with Crippen LogP contribution in [0, 0.1) is 40.4 Å². The van der Waals surface area contributed by atoms with Crippen LogP contribution in [-0.4, -0.2) is 93.4 Å². The highest BCUT2D eigenvalue weighted by Gasteiger charge is 2.63. The van der Waals surface area contributed by atoms with E-state index in [1.54, 1.807) is 0 Å². The van der Waals surface area contributed by atoms with Crippen LogP contribution >= 0.6 is 0 Å². The number of hydrogen-bond acceptors (Lipinski definition) is 10. The molecule has 0 amide bonds. The van der Waals surface area contributed by atoms with E-state index in [2.05, 4.69) is 20.8 Å². The lowest BCUT2D eigenvalue weighted by molar-refractivity contribution is -0.299. The summed E-state index contributed by atoms with van der Waals surface area (Å²) in [6.07, 6.45) is 2.74. The van der Waals surface area contributed by atoms with Gasteiger partial charge in [0.1, 0.15) is 36.3 Å². The van der Waals surface area contributed by atoms with Gasteiger partial charge in [-0.2, -0.15) is 0 Å². The number of aliphatic hydroxyl groups is 5. The Bertz CT molecular complexity index is 1250. The molecule has 0 spiro atoms. The van der Waals surface area contributed by atoms with Crippen LogP contribution in [0.5, 0.6) is 0 Å². The number of carbonyl (C=O) groups is 2. The number of ether oxygens (including phenoxy) is 3. The number of ketones is 1. The number of allylic oxidation sites excluding steroid dienone is 3. The maximum absolute atomic E-state index is 13.3. The van der Waals surface area contributed by atoms with Crippen LogP contribution in [0.25, 0.3) is 0 Å². The van der Waals surface area contributed by atoms with Crippen LogP contribution in [0.3, 0.4) is 0 Å². The number of hydrogen-bond donors (Lipinski definition) is 5. The molecule has 10 heteroatoms. The summed E-state index contributed by atoms with van der Waals surface area (Å²) in [5, 5.41) is 51.2. The lowest BCUT2D eigenvalue weighted by Crippen LogP contribution is -2.59. The molecule has 5 N–H and O–H groups in total. The van der Waals surface area contributed by atoms with E-state index in [0.29, 0.717) is 24.3 Å². The second kappa shape index (κ2) is 11.7. The van der Waals surface area contributed by atoms with Crippen molar-refractivity contribution in [3.63, 3.8) is 0 Å². The minimum Gasteiger partial charge on any atom is -0.458 e. The van der Waals surface area contributed by atoms with E-state index in [9.17, 15) is 35.1 Å². The molecule has 14 atom stereocenters. The van der Waals surface area contributed by atoms with E-state index >= 15 is 0 Å². The standard InChI is InChI=1S/C34H48O10/c1-16-12-24(43-31(41)19(16)15-42-32-30(40)29(39)28(38)25(14-35)44-32)17(2)20-8-9-21-27-22(10-11-33(20,21)3)34(4)18(13-23(27)36)6-5-7-26(34)37/h5-6,13,17,20-25,27-30,32,35-36,38-40H,7-12,14-15H2,1-4H3/t17?,20-,21+,22+,23?,24+,25?,27-,28?,29?,30?,32?,33+,34-/m0/s1. The Morgan fingerprint density at radius 3 is 2.50 bits per heavy atom. The van der Waals surface area contributed by atoms with Gasteiger partial charge in [0.25, 0.3) is 0 Å². The average Bonchev–Trinajstić information content (AvgIpc) is 3.34. The van der Waals surface area contributed by atoms with Crippen molar-refractivity contribution in [1.82, 2.24) is 0 Å². The lowest BCUT2D eigenvalue weighted by atomic mass is 9.46. The lowest BCUT2D eigenvalue weighted by Gasteiger charge is -2.58. The molecule has 10 nitrogen and oxygen atoms in total. The first kappa shape index (κ1) is 32.0. The molecule has 0 aromatic rings. The topological polar surface area (TPSA) is 163 Å². The van der Waals surface area contributed by atoms with E-state index in [0.717, 1.165) is 36.8 Å². The SMILES string of the molecule is CC1=C(COC2OC(CO)C(O)C(O)C2O)C(=O)O[C@@H](C(C)[C@@H]2CC[C@@H]3[C@@H]4C(O)C=C5C=CCC(=O)[C@]5(C)[C@@H]4CC[C@@]32C)C1. The van der Waals surface area contributed by atoms with Crippen LogP contribution in [0.2, 0.25) is 0 Å². The van der Waals surface area contributed by atoms with Crippen molar-refractivity contribution < 1.29 is 49.3 Å². The maximum atomic E-state index is 13.3. The summed E-state index contributed by atoms with van der Waals surface area (Å²) >= 11 is 0. The van der Waals surface area contributed by atoms with Crippen molar-refractivity contribution in [3.05, 3.63) is 34.9 Å². The van der Waals surface area contributed by atoms with Crippen molar-refractivity contribution >= 4 is 11.8 Å². The molecule has 2 saturated carbocycles. The molecule has 6 rings (SSSR count).